The maximum atomic E-state index is 11.7. The molecule has 1 heterocycles. The summed E-state index contributed by atoms with van der Waals surface area (Å²) in [5, 5.41) is 2.66. The minimum atomic E-state index is -0.0609. The number of amides is 2. The summed E-state index contributed by atoms with van der Waals surface area (Å²) in [4.78, 5) is 24.9. The van der Waals surface area contributed by atoms with Gasteiger partial charge >= 0.3 is 0 Å². The van der Waals surface area contributed by atoms with Crippen molar-refractivity contribution in [1.29, 1.82) is 0 Å². The molecule has 0 unspecified atom stereocenters. The summed E-state index contributed by atoms with van der Waals surface area (Å²) in [6.07, 6.45) is 2.15. The van der Waals surface area contributed by atoms with E-state index < -0.39 is 0 Å². The van der Waals surface area contributed by atoms with Crippen LogP contribution in [0.2, 0.25) is 0 Å². The van der Waals surface area contributed by atoms with Crippen LogP contribution in [0.4, 0.5) is 0 Å². The van der Waals surface area contributed by atoms with Crippen LogP contribution in [0.3, 0.4) is 0 Å². The molecular formula is C12H22N2O2. The predicted molar refractivity (Wildman–Crippen MR) is 62.8 cm³/mol. The highest BCUT2D eigenvalue weighted by atomic mass is 16.2. The van der Waals surface area contributed by atoms with Crippen molar-refractivity contribution in [3.8, 4) is 0 Å². The third kappa shape index (κ3) is 3.83. The number of nitrogens with zero attached hydrogens (tertiary/aromatic N) is 1. The van der Waals surface area contributed by atoms with Gasteiger partial charge in [-0.1, -0.05) is 20.8 Å². The van der Waals surface area contributed by atoms with Crippen LogP contribution in [-0.2, 0) is 9.59 Å². The summed E-state index contributed by atoms with van der Waals surface area (Å²) < 4.78 is 0. The van der Waals surface area contributed by atoms with E-state index in [1.165, 1.54) is 0 Å². The maximum Gasteiger partial charge on any atom is 0.241 e. The van der Waals surface area contributed by atoms with Crippen molar-refractivity contribution >= 4 is 11.8 Å². The fraction of sp³-hybridized carbons (Fsp3) is 0.833. The fourth-order valence-corrected chi connectivity index (χ4v) is 1.74. The third-order valence-corrected chi connectivity index (χ3v) is 3.07. The van der Waals surface area contributed by atoms with Gasteiger partial charge in [0.2, 0.25) is 11.8 Å². The highest BCUT2D eigenvalue weighted by molar-refractivity contribution is 5.85. The standard InChI is InChI=1S/C12H22N2O2/c1-9(2)12(16)13-8-11(15)14-6-4-10(3)5-7-14/h9-10H,4-8H2,1-3H3,(H,13,16). The zero-order chi connectivity index (χ0) is 12.1. The summed E-state index contributed by atoms with van der Waals surface area (Å²) >= 11 is 0. The Morgan fingerprint density at radius 3 is 2.38 bits per heavy atom. The van der Waals surface area contributed by atoms with Crippen molar-refractivity contribution in [2.75, 3.05) is 19.6 Å². The lowest BCUT2D eigenvalue weighted by Gasteiger charge is -2.30. The van der Waals surface area contributed by atoms with Gasteiger partial charge in [-0.05, 0) is 18.8 Å². The number of nitrogens with one attached hydrogen (secondary N) is 1. The lowest BCUT2D eigenvalue weighted by Crippen LogP contribution is -2.44. The molecule has 0 aromatic carbocycles. The molecule has 16 heavy (non-hydrogen) atoms. The van der Waals surface area contributed by atoms with Crippen LogP contribution in [0.15, 0.2) is 0 Å². The van der Waals surface area contributed by atoms with Crippen LogP contribution in [0.1, 0.15) is 33.6 Å². The predicted octanol–water partition coefficient (Wildman–Crippen LogP) is 1.02. The Morgan fingerprint density at radius 2 is 1.88 bits per heavy atom. The number of piperidine rings is 1. The van der Waals surface area contributed by atoms with Gasteiger partial charge in [-0.3, -0.25) is 9.59 Å². The Balaban J connectivity index is 2.27. The van der Waals surface area contributed by atoms with Crippen LogP contribution in [0.25, 0.3) is 0 Å². The number of likely N-dealkylation sites (tertiary alicyclic amines) is 1. The molecule has 1 rings (SSSR count). The van der Waals surface area contributed by atoms with Gasteiger partial charge in [0.05, 0.1) is 6.54 Å². The summed E-state index contributed by atoms with van der Waals surface area (Å²) in [6, 6.07) is 0. The number of hydrogen-bond acceptors (Lipinski definition) is 2. The van der Waals surface area contributed by atoms with Gasteiger partial charge in [-0.2, -0.15) is 0 Å². The molecular weight excluding hydrogens is 204 g/mol. The van der Waals surface area contributed by atoms with Gasteiger partial charge < -0.3 is 10.2 Å². The smallest absolute Gasteiger partial charge is 0.241 e. The molecule has 1 N–H and O–H groups in total. The van der Waals surface area contributed by atoms with Crippen molar-refractivity contribution in [3.63, 3.8) is 0 Å². The number of carbonyl (C=O) groups is 2. The van der Waals surface area contributed by atoms with Gasteiger partial charge in [-0.25, -0.2) is 0 Å². The number of carbonyl (C=O) groups excluding carboxylic acids is 2. The van der Waals surface area contributed by atoms with Crippen molar-refractivity contribution in [3.05, 3.63) is 0 Å². The first-order chi connectivity index (χ1) is 7.50. The molecule has 0 bridgehead atoms. The first-order valence-electron chi connectivity index (χ1n) is 6.06. The Bertz CT molecular complexity index is 256. The highest BCUT2D eigenvalue weighted by Crippen LogP contribution is 2.15. The van der Waals surface area contributed by atoms with Crippen LogP contribution in [0, 0.1) is 11.8 Å². The van der Waals surface area contributed by atoms with Gasteiger partial charge in [0.1, 0.15) is 0 Å². The number of rotatable bonds is 3. The molecule has 0 spiro atoms. The van der Waals surface area contributed by atoms with E-state index in [0.717, 1.165) is 25.9 Å². The Kier molecular flexibility index (Phi) is 4.77. The summed E-state index contributed by atoms with van der Waals surface area (Å²) in [5.74, 6) is 0.642. The van der Waals surface area contributed by atoms with Crippen LogP contribution in [0.5, 0.6) is 0 Å². The van der Waals surface area contributed by atoms with E-state index in [9.17, 15) is 9.59 Å². The molecule has 0 aromatic heterocycles. The quantitative estimate of drug-likeness (QED) is 0.781. The average Bonchev–Trinajstić information content (AvgIpc) is 2.26. The van der Waals surface area contributed by atoms with Crippen LogP contribution < -0.4 is 5.32 Å². The second kappa shape index (κ2) is 5.87. The van der Waals surface area contributed by atoms with Gasteiger partial charge in [-0.15, -0.1) is 0 Å². The third-order valence-electron chi connectivity index (χ3n) is 3.07. The molecule has 1 aliphatic heterocycles. The van der Waals surface area contributed by atoms with Crippen LogP contribution in [-0.4, -0.2) is 36.3 Å². The highest BCUT2D eigenvalue weighted by Gasteiger charge is 2.20. The second-order valence-electron chi connectivity index (χ2n) is 4.94. The first kappa shape index (κ1) is 13.0. The molecule has 0 aromatic rings. The molecule has 4 nitrogen and oxygen atoms in total. The summed E-state index contributed by atoms with van der Waals surface area (Å²) in [7, 11) is 0. The Labute approximate surface area is 97.4 Å². The normalized spacial score (nSPS) is 17.6. The SMILES string of the molecule is CC1CCN(C(=O)CNC(=O)C(C)C)CC1. The molecule has 0 atom stereocenters. The minimum absolute atomic E-state index is 0.0425. The molecule has 0 aliphatic carbocycles. The zero-order valence-electron chi connectivity index (χ0n) is 10.5. The molecule has 2 amide bonds. The molecule has 1 saturated heterocycles. The monoisotopic (exact) mass is 226 g/mol. The molecule has 1 fully saturated rings. The van der Waals surface area contributed by atoms with Gasteiger partial charge in [0.25, 0.3) is 0 Å². The van der Waals surface area contributed by atoms with E-state index in [2.05, 4.69) is 12.2 Å². The van der Waals surface area contributed by atoms with Crippen molar-refractivity contribution in [2.24, 2.45) is 11.8 Å². The van der Waals surface area contributed by atoms with E-state index in [-0.39, 0.29) is 24.3 Å². The molecule has 0 radical (unpaired) electrons. The fourth-order valence-electron chi connectivity index (χ4n) is 1.74. The average molecular weight is 226 g/mol. The molecule has 4 heteroatoms. The first-order valence-corrected chi connectivity index (χ1v) is 6.06. The molecule has 0 saturated carbocycles. The second-order valence-corrected chi connectivity index (χ2v) is 4.94. The summed E-state index contributed by atoms with van der Waals surface area (Å²) in [6.45, 7) is 7.66. The molecule has 1 aliphatic rings. The zero-order valence-corrected chi connectivity index (χ0v) is 10.5. The Hall–Kier alpha value is -1.06. The van der Waals surface area contributed by atoms with Crippen LogP contribution >= 0.6 is 0 Å². The minimum Gasteiger partial charge on any atom is -0.347 e. The number of hydrogen-bond donors (Lipinski definition) is 1. The largest absolute Gasteiger partial charge is 0.347 e. The van der Waals surface area contributed by atoms with E-state index in [1.807, 2.05) is 18.7 Å². The van der Waals surface area contributed by atoms with Gasteiger partial charge in [0.15, 0.2) is 0 Å². The van der Waals surface area contributed by atoms with Crippen molar-refractivity contribution < 1.29 is 9.59 Å². The Morgan fingerprint density at radius 1 is 1.31 bits per heavy atom. The van der Waals surface area contributed by atoms with E-state index in [0.29, 0.717) is 5.92 Å². The van der Waals surface area contributed by atoms with Crippen molar-refractivity contribution in [2.45, 2.75) is 33.6 Å². The molecule has 92 valence electrons. The lowest BCUT2D eigenvalue weighted by molar-refractivity contribution is -0.134. The summed E-state index contributed by atoms with van der Waals surface area (Å²) in [5.41, 5.74) is 0. The van der Waals surface area contributed by atoms with E-state index >= 15 is 0 Å². The van der Waals surface area contributed by atoms with Gasteiger partial charge in [0, 0.05) is 19.0 Å². The maximum absolute atomic E-state index is 11.7. The topological polar surface area (TPSA) is 49.4 Å². The van der Waals surface area contributed by atoms with E-state index in [1.54, 1.807) is 0 Å². The lowest BCUT2D eigenvalue weighted by atomic mass is 9.99. The van der Waals surface area contributed by atoms with E-state index in [4.69, 9.17) is 0 Å². The van der Waals surface area contributed by atoms with Crippen molar-refractivity contribution in [1.82, 2.24) is 10.2 Å².